The molecule has 1 saturated heterocycles. The minimum Gasteiger partial charge on any atom is -0.497 e. The van der Waals surface area contributed by atoms with Crippen molar-refractivity contribution >= 4 is 34.7 Å². The molecule has 1 aliphatic heterocycles. The third kappa shape index (κ3) is 5.41. The molecule has 2 amide bonds. The Morgan fingerprint density at radius 3 is 2.59 bits per heavy atom. The van der Waals surface area contributed by atoms with Crippen LogP contribution in [-0.4, -0.2) is 74.9 Å². The van der Waals surface area contributed by atoms with Gasteiger partial charge in [-0.15, -0.1) is 5.10 Å². The van der Waals surface area contributed by atoms with Crippen molar-refractivity contribution in [2.24, 2.45) is 0 Å². The van der Waals surface area contributed by atoms with E-state index in [0.717, 1.165) is 16.4 Å². The fourth-order valence-corrected chi connectivity index (χ4v) is 4.84. The summed E-state index contributed by atoms with van der Waals surface area (Å²) in [6, 6.07) is 17.4. The maximum atomic E-state index is 13.4. The summed E-state index contributed by atoms with van der Waals surface area (Å²) in [5.74, 6) is 0.629. The van der Waals surface area contributed by atoms with Crippen LogP contribution in [0.15, 0.2) is 84.0 Å². The lowest BCUT2D eigenvalue weighted by Crippen LogP contribution is -2.63. The first kappa shape index (κ1) is 28.4. The molecule has 14 heteroatoms. The monoisotopic (exact) mass is 595 g/mol. The highest BCUT2D eigenvalue weighted by molar-refractivity contribution is 5.98. The van der Waals surface area contributed by atoms with E-state index in [1.165, 1.54) is 22.4 Å². The van der Waals surface area contributed by atoms with E-state index in [4.69, 9.17) is 9.57 Å². The number of carbonyl (C=O) groups is 2. The molecule has 0 unspecified atom stereocenters. The molecule has 0 saturated carbocycles. The van der Waals surface area contributed by atoms with E-state index in [0.29, 0.717) is 29.5 Å². The van der Waals surface area contributed by atoms with E-state index in [1.54, 1.807) is 55.9 Å². The number of rotatable bonds is 10. The normalized spacial score (nSPS) is 14.3. The van der Waals surface area contributed by atoms with Crippen LogP contribution in [0.1, 0.15) is 16.1 Å². The Hall–Kier alpha value is -5.76. The van der Waals surface area contributed by atoms with Crippen molar-refractivity contribution in [3.8, 4) is 11.6 Å². The molecule has 2 N–H and O–H groups in total. The van der Waals surface area contributed by atoms with Gasteiger partial charge in [-0.25, -0.2) is 19.5 Å². The zero-order valence-corrected chi connectivity index (χ0v) is 24.2. The van der Waals surface area contributed by atoms with Gasteiger partial charge in [0.25, 0.3) is 17.4 Å². The number of imidazole rings is 1. The molecule has 1 aliphatic rings. The van der Waals surface area contributed by atoms with Crippen LogP contribution in [0.2, 0.25) is 0 Å². The smallest absolute Gasteiger partial charge is 0.279 e. The second-order valence-electron chi connectivity index (χ2n) is 10.0. The molecule has 44 heavy (non-hydrogen) atoms. The van der Waals surface area contributed by atoms with Crippen molar-refractivity contribution in [1.29, 1.82) is 0 Å². The molecular weight excluding hydrogens is 566 g/mol. The Balaban J connectivity index is 1.37. The number of ether oxygens (including phenoxy) is 1. The van der Waals surface area contributed by atoms with Crippen LogP contribution in [0.5, 0.6) is 5.75 Å². The lowest BCUT2D eigenvalue weighted by molar-refractivity contribution is -0.202. The Labute approximate surface area is 251 Å². The molecule has 1 aromatic carbocycles. The number of benzene rings is 1. The van der Waals surface area contributed by atoms with Crippen LogP contribution in [-0.2, 0) is 16.2 Å². The lowest BCUT2D eigenvalue weighted by atomic mass is 10.1. The number of aromatic nitrogens is 5. The van der Waals surface area contributed by atoms with E-state index < -0.39 is 11.9 Å². The Morgan fingerprint density at radius 1 is 1.07 bits per heavy atom. The second kappa shape index (κ2) is 11.9. The molecular formula is C30H29N9O5. The van der Waals surface area contributed by atoms with Crippen molar-refractivity contribution in [3.05, 3.63) is 101 Å². The molecule has 0 spiro atoms. The predicted octanol–water partition coefficient (Wildman–Crippen LogP) is 2.17. The van der Waals surface area contributed by atoms with E-state index in [2.05, 4.69) is 25.7 Å². The van der Waals surface area contributed by atoms with Gasteiger partial charge < -0.3 is 20.3 Å². The van der Waals surface area contributed by atoms with Gasteiger partial charge in [0.1, 0.15) is 23.3 Å². The molecule has 1 fully saturated rings. The van der Waals surface area contributed by atoms with Crippen LogP contribution >= 0.6 is 0 Å². The third-order valence-electron chi connectivity index (χ3n) is 7.19. The van der Waals surface area contributed by atoms with Crippen LogP contribution in [0, 0.1) is 0 Å². The van der Waals surface area contributed by atoms with Gasteiger partial charge >= 0.3 is 0 Å². The van der Waals surface area contributed by atoms with Crippen molar-refractivity contribution in [3.63, 3.8) is 0 Å². The SMILES string of the molecule is COc1ccc(CN(C)c2cc(Nc3cccn(-c4ccccn4)c3=O)nn3c(C(=O)N[C@@H]4CN(OC)C4=O)cnc23)cc1. The number of pyridine rings is 2. The largest absolute Gasteiger partial charge is 0.497 e. The summed E-state index contributed by atoms with van der Waals surface area (Å²) in [6.45, 7) is 0.725. The number of hydroxylamine groups is 2. The number of methoxy groups -OCH3 is 1. The Kier molecular flexibility index (Phi) is 7.64. The fourth-order valence-electron chi connectivity index (χ4n) is 4.84. The van der Waals surface area contributed by atoms with Crippen LogP contribution in [0.4, 0.5) is 17.2 Å². The van der Waals surface area contributed by atoms with Gasteiger partial charge in [0.2, 0.25) is 0 Å². The number of nitrogens with one attached hydrogen (secondary N) is 2. The number of hydrogen-bond donors (Lipinski definition) is 2. The van der Waals surface area contributed by atoms with E-state index in [9.17, 15) is 14.4 Å². The highest BCUT2D eigenvalue weighted by atomic mass is 16.7. The summed E-state index contributed by atoms with van der Waals surface area (Å²) in [6.07, 6.45) is 4.64. The highest BCUT2D eigenvalue weighted by Crippen LogP contribution is 2.27. The van der Waals surface area contributed by atoms with Gasteiger partial charge in [-0.2, -0.15) is 0 Å². The fraction of sp³-hybridized carbons (Fsp3) is 0.200. The Morgan fingerprint density at radius 2 is 1.89 bits per heavy atom. The van der Waals surface area contributed by atoms with Crippen molar-refractivity contribution in [2.75, 3.05) is 38.0 Å². The van der Waals surface area contributed by atoms with Crippen LogP contribution in [0.25, 0.3) is 11.5 Å². The standard InChI is InChI=1S/C30H29N9O5/c1-36(17-19-9-11-20(43-2)12-10-19)23-15-25(33-21-7-6-14-37(29(21)41)26-8-4-5-13-31-26)35-39-24(16-32-27(23)39)28(40)34-22-18-38(44-3)30(22)42/h4-16,22H,17-18H2,1-3H3,(H,33,35)(H,34,40)/t22-/m1/s1. The maximum Gasteiger partial charge on any atom is 0.279 e. The zero-order valence-electron chi connectivity index (χ0n) is 24.2. The van der Waals surface area contributed by atoms with E-state index in [1.807, 2.05) is 36.2 Å². The minimum absolute atomic E-state index is 0.116. The molecule has 4 aromatic heterocycles. The summed E-state index contributed by atoms with van der Waals surface area (Å²) >= 11 is 0. The summed E-state index contributed by atoms with van der Waals surface area (Å²) in [7, 11) is 4.89. The van der Waals surface area contributed by atoms with Gasteiger partial charge in [-0.3, -0.25) is 23.8 Å². The molecule has 224 valence electrons. The topological polar surface area (TPSA) is 148 Å². The second-order valence-corrected chi connectivity index (χ2v) is 10.0. The van der Waals surface area contributed by atoms with Crippen molar-refractivity contribution in [1.82, 2.24) is 34.5 Å². The predicted molar refractivity (Wildman–Crippen MR) is 161 cm³/mol. The van der Waals surface area contributed by atoms with E-state index >= 15 is 0 Å². The number of β-lactam (4-membered cyclic amide) rings is 1. The highest BCUT2D eigenvalue weighted by Gasteiger charge is 2.39. The Bertz CT molecular complexity index is 1890. The third-order valence-corrected chi connectivity index (χ3v) is 7.19. The first-order valence-electron chi connectivity index (χ1n) is 13.7. The van der Waals surface area contributed by atoms with Gasteiger partial charge in [-0.05, 0) is 42.0 Å². The van der Waals surface area contributed by atoms with Gasteiger partial charge in [0.15, 0.2) is 17.2 Å². The number of amides is 2. The molecule has 0 bridgehead atoms. The molecule has 1 atom stereocenters. The average Bonchev–Trinajstić information content (AvgIpc) is 3.48. The summed E-state index contributed by atoms with van der Waals surface area (Å²) < 4.78 is 8.10. The van der Waals surface area contributed by atoms with Crippen LogP contribution < -0.4 is 25.8 Å². The number of nitrogens with zero attached hydrogens (tertiary/aromatic N) is 7. The van der Waals surface area contributed by atoms with Gasteiger partial charge in [0.05, 0.1) is 32.6 Å². The molecule has 5 aromatic rings. The minimum atomic E-state index is -0.721. The number of carbonyl (C=O) groups excluding carboxylic acids is 2. The molecule has 0 radical (unpaired) electrons. The molecule has 6 rings (SSSR count). The summed E-state index contributed by atoms with van der Waals surface area (Å²) in [5.41, 5.74) is 2.09. The van der Waals surface area contributed by atoms with Gasteiger partial charge in [-0.1, -0.05) is 18.2 Å². The van der Waals surface area contributed by atoms with E-state index in [-0.39, 0.29) is 29.4 Å². The van der Waals surface area contributed by atoms with Crippen molar-refractivity contribution in [2.45, 2.75) is 12.6 Å². The summed E-state index contributed by atoms with van der Waals surface area (Å²) in [4.78, 5) is 54.6. The zero-order chi connectivity index (χ0) is 30.8. The first-order chi connectivity index (χ1) is 21.4. The first-order valence-corrected chi connectivity index (χ1v) is 13.7. The maximum absolute atomic E-state index is 13.4. The number of hydrogen-bond acceptors (Lipinski definition) is 10. The average molecular weight is 596 g/mol. The molecule has 5 heterocycles. The molecule has 14 nitrogen and oxygen atoms in total. The number of anilines is 3. The van der Waals surface area contributed by atoms with Crippen LogP contribution in [0.3, 0.4) is 0 Å². The number of fused-ring (bicyclic) bond motifs is 1. The lowest BCUT2D eigenvalue weighted by Gasteiger charge is -2.35. The van der Waals surface area contributed by atoms with Crippen molar-refractivity contribution < 1.29 is 19.2 Å². The quantitative estimate of drug-likeness (QED) is 0.230. The van der Waals surface area contributed by atoms with Gasteiger partial charge in [0, 0.05) is 32.1 Å². The molecule has 0 aliphatic carbocycles. The summed E-state index contributed by atoms with van der Waals surface area (Å²) in [5, 5.41) is 11.6.